The minimum absolute atomic E-state index is 0.00113. The lowest BCUT2D eigenvalue weighted by Crippen LogP contribution is -2.43. The molecule has 0 bridgehead atoms. The number of anilines is 2. The van der Waals surface area contributed by atoms with Gasteiger partial charge in [0.05, 0.1) is 30.0 Å². The Bertz CT molecular complexity index is 1300. The molecule has 0 spiro atoms. The summed E-state index contributed by atoms with van der Waals surface area (Å²) in [4.78, 5) is 25.1. The number of nitro benzene ring substituents is 2. The van der Waals surface area contributed by atoms with Gasteiger partial charge in [-0.2, -0.15) is 0 Å². The molecule has 0 radical (unpaired) electrons. The van der Waals surface area contributed by atoms with Crippen molar-refractivity contribution in [3.8, 4) is 0 Å². The zero-order valence-electron chi connectivity index (χ0n) is 21.8. The molecular weight excluding hydrogens is 522 g/mol. The first-order chi connectivity index (χ1) is 18.5. The van der Waals surface area contributed by atoms with E-state index in [-0.39, 0.29) is 29.1 Å². The van der Waals surface area contributed by atoms with Gasteiger partial charge in [0.1, 0.15) is 5.69 Å². The maximum absolute atomic E-state index is 15.6. The van der Waals surface area contributed by atoms with Gasteiger partial charge >= 0.3 is 0 Å². The Morgan fingerprint density at radius 1 is 0.769 bits per heavy atom. The molecule has 2 saturated heterocycles. The number of non-ortho nitro benzene ring substituents is 2. The van der Waals surface area contributed by atoms with Gasteiger partial charge in [0.15, 0.2) is 11.6 Å². The van der Waals surface area contributed by atoms with Crippen molar-refractivity contribution in [2.75, 3.05) is 22.9 Å². The van der Waals surface area contributed by atoms with Crippen LogP contribution in [0.25, 0.3) is 0 Å². The number of nitrogens with zero attached hydrogens (tertiary/aromatic N) is 4. The van der Waals surface area contributed by atoms with Crippen molar-refractivity contribution in [1.82, 2.24) is 0 Å². The highest BCUT2D eigenvalue weighted by atomic mass is 28.3. The van der Waals surface area contributed by atoms with E-state index in [2.05, 4.69) is 13.1 Å². The SMILES string of the molecule is C[Si]1(C)CCN(c2c(F)cc(N3[C@H](c4ccc([N+](=O)[O-])cc4)CC[C@H]3c3ccc([N+](=O)[O-])cc3)cc2F)CC1. The summed E-state index contributed by atoms with van der Waals surface area (Å²) in [5, 5.41) is 22.3. The van der Waals surface area contributed by atoms with Gasteiger partial charge in [0.2, 0.25) is 0 Å². The highest BCUT2D eigenvalue weighted by Crippen LogP contribution is 2.48. The maximum Gasteiger partial charge on any atom is 0.269 e. The Morgan fingerprint density at radius 2 is 1.18 bits per heavy atom. The fourth-order valence-corrected chi connectivity index (χ4v) is 7.80. The van der Waals surface area contributed by atoms with Gasteiger partial charge in [-0.1, -0.05) is 37.4 Å². The average molecular weight is 553 g/mol. The molecule has 0 saturated carbocycles. The van der Waals surface area contributed by atoms with E-state index in [9.17, 15) is 20.2 Å². The van der Waals surface area contributed by atoms with E-state index in [1.807, 2.05) is 4.90 Å². The molecule has 204 valence electrons. The van der Waals surface area contributed by atoms with Crippen LogP contribution in [0.15, 0.2) is 60.7 Å². The smallest absolute Gasteiger partial charge is 0.269 e. The second-order valence-electron chi connectivity index (χ2n) is 11.1. The highest BCUT2D eigenvalue weighted by Gasteiger charge is 2.37. The highest BCUT2D eigenvalue weighted by molar-refractivity contribution is 6.77. The van der Waals surface area contributed by atoms with Crippen molar-refractivity contribution in [2.45, 2.75) is 50.1 Å². The summed E-state index contributed by atoms with van der Waals surface area (Å²) >= 11 is 0. The first-order valence-corrected chi connectivity index (χ1v) is 16.5. The van der Waals surface area contributed by atoms with E-state index in [1.165, 1.54) is 36.4 Å². The van der Waals surface area contributed by atoms with Crippen LogP contribution < -0.4 is 9.80 Å². The van der Waals surface area contributed by atoms with Crippen molar-refractivity contribution in [3.63, 3.8) is 0 Å². The van der Waals surface area contributed by atoms with Gasteiger partial charge in [-0.15, -0.1) is 0 Å². The normalized spacial score (nSPS) is 20.7. The van der Waals surface area contributed by atoms with Crippen LogP contribution in [0.2, 0.25) is 25.2 Å². The van der Waals surface area contributed by atoms with Crippen molar-refractivity contribution >= 4 is 30.8 Å². The lowest BCUT2D eigenvalue weighted by Gasteiger charge is -2.38. The monoisotopic (exact) mass is 552 g/mol. The first-order valence-electron chi connectivity index (χ1n) is 13.0. The number of hydrogen-bond acceptors (Lipinski definition) is 6. The number of nitro groups is 2. The number of rotatable bonds is 6. The van der Waals surface area contributed by atoms with Gasteiger partial charge in [-0.05, 0) is 48.2 Å². The minimum atomic E-state index is -1.33. The summed E-state index contributed by atoms with van der Waals surface area (Å²) in [6.07, 6.45) is 1.27. The minimum Gasteiger partial charge on any atom is -0.367 e. The van der Waals surface area contributed by atoms with Crippen LogP contribution in [-0.2, 0) is 0 Å². The van der Waals surface area contributed by atoms with Gasteiger partial charge < -0.3 is 9.80 Å². The molecule has 0 amide bonds. The quantitative estimate of drug-likeness (QED) is 0.180. The molecule has 8 nitrogen and oxygen atoms in total. The van der Waals surface area contributed by atoms with Crippen LogP contribution in [0.4, 0.5) is 31.5 Å². The number of hydrogen-bond donors (Lipinski definition) is 0. The van der Waals surface area contributed by atoms with E-state index in [0.29, 0.717) is 31.6 Å². The summed E-state index contributed by atoms with van der Waals surface area (Å²) in [6.45, 7) is 5.86. The fraction of sp³-hybridized carbons (Fsp3) is 0.357. The average Bonchev–Trinajstić information content (AvgIpc) is 3.34. The van der Waals surface area contributed by atoms with Crippen LogP contribution in [-0.4, -0.2) is 31.0 Å². The van der Waals surface area contributed by atoms with E-state index in [0.717, 1.165) is 23.2 Å². The van der Waals surface area contributed by atoms with Crippen LogP contribution in [0, 0.1) is 31.9 Å². The van der Waals surface area contributed by atoms with Crippen LogP contribution in [0.3, 0.4) is 0 Å². The molecule has 0 N–H and O–H groups in total. The standard InChI is InChI=1S/C28H30F2N4O4Si/c1-39(2)15-13-31(14-16-39)28-24(29)17-23(18-25(28)30)32-26(19-3-7-21(8-4-19)33(35)36)11-12-27(32)20-5-9-22(10-6-20)34(37)38/h3-10,17-18,26-27H,11-16H2,1-2H3/t26-,27-/m0/s1. The van der Waals surface area contributed by atoms with Gasteiger partial charge in [0.25, 0.3) is 11.4 Å². The summed E-state index contributed by atoms with van der Waals surface area (Å²) in [5.74, 6) is -1.24. The summed E-state index contributed by atoms with van der Waals surface area (Å²) in [7, 11) is -1.33. The zero-order valence-corrected chi connectivity index (χ0v) is 22.8. The Labute approximate surface area is 226 Å². The van der Waals surface area contributed by atoms with E-state index in [4.69, 9.17) is 0 Å². The van der Waals surface area contributed by atoms with Gasteiger partial charge in [-0.3, -0.25) is 20.2 Å². The fourth-order valence-electron chi connectivity index (χ4n) is 5.80. The second-order valence-corrected chi connectivity index (χ2v) is 16.5. The van der Waals surface area contributed by atoms with E-state index < -0.39 is 29.6 Å². The third-order valence-electron chi connectivity index (χ3n) is 8.10. The van der Waals surface area contributed by atoms with E-state index >= 15 is 8.78 Å². The summed E-state index contributed by atoms with van der Waals surface area (Å²) in [5.41, 5.74) is 1.87. The maximum atomic E-state index is 15.6. The molecule has 3 aromatic rings. The molecule has 5 rings (SSSR count). The first kappa shape index (κ1) is 26.7. The van der Waals surface area contributed by atoms with Crippen molar-refractivity contribution < 1.29 is 18.6 Å². The molecular formula is C28H30F2N4O4Si. The van der Waals surface area contributed by atoms with Crippen molar-refractivity contribution in [3.05, 3.63) is 104 Å². The zero-order chi connectivity index (χ0) is 27.9. The van der Waals surface area contributed by atoms with Crippen molar-refractivity contribution in [1.29, 1.82) is 0 Å². The molecule has 11 heteroatoms. The van der Waals surface area contributed by atoms with Gasteiger partial charge in [-0.25, -0.2) is 8.78 Å². The number of halogens is 2. The van der Waals surface area contributed by atoms with Crippen molar-refractivity contribution in [2.24, 2.45) is 0 Å². The Morgan fingerprint density at radius 3 is 1.56 bits per heavy atom. The predicted molar refractivity (Wildman–Crippen MR) is 149 cm³/mol. The van der Waals surface area contributed by atoms with E-state index in [1.54, 1.807) is 29.2 Å². The molecule has 2 heterocycles. The third kappa shape index (κ3) is 5.36. The van der Waals surface area contributed by atoms with Crippen LogP contribution >= 0.6 is 0 Å². The molecule has 2 aliphatic heterocycles. The molecule has 39 heavy (non-hydrogen) atoms. The lowest BCUT2D eigenvalue weighted by molar-refractivity contribution is -0.385. The van der Waals surface area contributed by atoms with Crippen LogP contribution in [0.1, 0.15) is 36.1 Å². The molecule has 0 unspecified atom stereocenters. The summed E-state index contributed by atoms with van der Waals surface area (Å²) in [6, 6.07) is 16.5. The molecule has 3 aromatic carbocycles. The largest absolute Gasteiger partial charge is 0.367 e. The Hall–Kier alpha value is -3.86. The molecule has 2 aliphatic rings. The topological polar surface area (TPSA) is 92.8 Å². The molecule has 0 aromatic heterocycles. The van der Waals surface area contributed by atoms with Gasteiger partial charge in [0, 0.05) is 43.0 Å². The van der Waals surface area contributed by atoms with Crippen LogP contribution in [0.5, 0.6) is 0 Å². The third-order valence-corrected chi connectivity index (χ3v) is 11.2. The molecule has 0 aliphatic carbocycles. The predicted octanol–water partition coefficient (Wildman–Crippen LogP) is 7.39. The lowest BCUT2D eigenvalue weighted by atomic mass is 10.0. The second kappa shape index (κ2) is 10.4. The number of benzene rings is 3. The Kier molecular flexibility index (Phi) is 7.10. The summed E-state index contributed by atoms with van der Waals surface area (Å²) < 4.78 is 31.3. The Balaban J connectivity index is 1.53. The molecule has 2 atom stereocenters. The molecule has 2 fully saturated rings.